The fraction of sp³-hybridized carbons (Fsp3) is 0.571. The molecule has 2 aromatic heterocycles. The van der Waals surface area contributed by atoms with Crippen molar-refractivity contribution in [3.05, 3.63) is 23.7 Å². The molecule has 0 aromatic carbocycles. The number of thioether (sulfide) groups is 1. The van der Waals surface area contributed by atoms with Crippen LogP contribution in [0.5, 0.6) is 0 Å². The third-order valence-electron chi connectivity index (χ3n) is 3.86. The first-order valence-corrected chi connectivity index (χ1v) is 8.33. The Balaban J connectivity index is 1.68. The maximum absolute atomic E-state index is 11.6. The van der Waals surface area contributed by atoms with E-state index >= 15 is 0 Å². The number of hydrogen-bond donors (Lipinski definition) is 0. The number of aromatic nitrogens is 4. The van der Waals surface area contributed by atoms with E-state index < -0.39 is 5.97 Å². The van der Waals surface area contributed by atoms with E-state index in [1.807, 2.05) is 4.68 Å². The second kappa shape index (κ2) is 6.95. The highest BCUT2D eigenvalue weighted by Gasteiger charge is 2.21. The van der Waals surface area contributed by atoms with Gasteiger partial charge in [0.1, 0.15) is 0 Å². The summed E-state index contributed by atoms with van der Waals surface area (Å²) in [6, 6.07) is 2.16. The van der Waals surface area contributed by atoms with Crippen LogP contribution in [0.3, 0.4) is 0 Å². The van der Waals surface area contributed by atoms with Crippen LogP contribution in [0, 0.1) is 0 Å². The monoisotopic (exact) mass is 322 g/mol. The average Bonchev–Trinajstić information content (AvgIpc) is 3.21. The van der Waals surface area contributed by atoms with Crippen molar-refractivity contribution in [1.29, 1.82) is 0 Å². The van der Waals surface area contributed by atoms with Crippen LogP contribution in [0.2, 0.25) is 0 Å². The average molecular weight is 322 g/mol. The number of methoxy groups -OCH3 is 1. The number of esters is 1. The zero-order valence-corrected chi connectivity index (χ0v) is 13.2. The number of rotatable bonds is 5. The van der Waals surface area contributed by atoms with Gasteiger partial charge in [-0.1, -0.05) is 31.0 Å². The molecule has 1 aliphatic rings. The topological polar surface area (TPSA) is 83.0 Å². The van der Waals surface area contributed by atoms with E-state index in [-0.39, 0.29) is 5.76 Å². The van der Waals surface area contributed by atoms with Gasteiger partial charge in [-0.3, -0.25) is 0 Å². The van der Waals surface area contributed by atoms with Crippen LogP contribution >= 0.6 is 11.8 Å². The summed E-state index contributed by atoms with van der Waals surface area (Å²) < 4.78 is 11.8. The minimum atomic E-state index is -0.465. The zero-order chi connectivity index (χ0) is 15.4. The first-order valence-electron chi connectivity index (χ1n) is 7.35. The van der Waals surface area contributed by atoms with E-state index in [4.69, 9.17) is 9.15 Å². The largest absolute Gasteiger partial charge is 0.463 e. The summed E-state index contributed by atoms with van der Waals surface area (Å²) in [4.78, 5) is 11.6. The molecule has 0 amide bonds. The molecule has 0 saturated heterocycles. The normalized spacial score (nSPS) is 15.9. The number of hydrogen-bond acceptors (Lipinski definition) is 7. The molecule has 7 nitrogen and oxygen atoms in total. The lowest BCUT2D eigenvalue weighted by atomic mass is 9.96. The molecular formula is C14H18N4O3S. The molecule has 0 radical (unpaired) electrons. The number of tetrazole rings is 1. The summed E-state index contributed by atoms with van der Waals surface area (Å²) in [5.41, 5.74) is 0.787. The van der Waals surface area contributed by atoms with Crippen molar-refractivity contribution >= 4 is 17.7 Å². The Labute approximate surface area is 132 Å². The van der Waals surface area contributed by atoms with Gasteiger partial charge in [0, 0.05) is 11.3 Å². The van der Waals surface area contributed by atoms with E-state index in [0.717, 1.165) is 23.6 Å². The fourth-order valence-corrected chi connectivity index (χ4v) is 3.62. The molecule has 0 bridgehead atoms. The van der Waals surface area contributed by atoms with Crippen LogP contribution in [-0.4, -0.2) is 33.3 Å². The Kier molecular flexibility index (Phi) is 4.77. The second-order valence-corrected chi connectivity index (χ2v) is 6.20. The van der Waals surface area contributed by atoms with E-state index in [9.17, 15) is 4.79 Å². The van der Waals surface area contributed by atoms with Crippen molar-refractivity contribution in [1.82, 2.24) is 20.2 Å². The van der Waals surface area contributed by atoms with E-state index in [2.05, 4.69) is 15.5 Å². The zero-order valence-electron chi connectivity index (χ0n) is 12.4. The van der Waals surface area contributed by atoms with E-state index in [1.54, 1.807) is 6.07 Å². The quantitative estimate of drug-likeness (QED) is 0.618. The van der Waals surface area contributed by atoms with Crippen LogP contribution in [0.1, 0.15) is 54.3 Å². The summed E-state index contributed by atoms with van der Waals surface area (Å²) in [5.74, 6) is 0.341. The molecule has 0 atom stereocenters. The van der Waals surface area contributed by atoms with Crippen molar-refractivity contribution in [3.63, 3.8) is 0 Å². The van der Waals surface area contributed by atoms with Gasteiger partial charge in [0.25, 0.3) is 0 Å². The predicted molar refractivity (Wildman–Crippen MR) is 79.5 cm³/mol. The Morgan fingerprint density at radius 3 is 3.05 bits per heavy atom. The van der Waals surface area contributed by atoms with Crippen LogP contribution in [0.4, 0.5) is 0 Å². The van der Waals surface area contributed by atoms with Gasteiger partial charge in [0.05, 0.1) is 19.4 Å². The Morgan fingerprint density at radius 2 is 2.27 bits per heavy atom. The molecule has 1 fully saturated rings. The van der Waals surface area contributed by atoms with Crippen LogP contribution in [-0.2, 0) is 10.5 Å². The summed E-state index contributed by atoms with van der Waals surface area (Å²) in [7, 11) is 1.34. The number of furan rings is 1. The highest BCUT2D eigenvalue weighted by molar-refractivity contribution is 7.98. The molecule has 0 aliphatic heterocycles. The van der Waals surface area contributed by atoms with Gasteiger partial charge in [-0.05, 0) is 29.3 Å². The molecule has 0 unspecified atom stereocenters. The van der Waals surface area contributed by atoms with Gasteiger partial charge < -0.3 is 9.15 Å². The van der Waals surface area contributed by atoms with E-state index in [0.29, 0.717) is 11.8 Å². The number of ether oxygens (including phenoxy) is 1. The number of carbonyl (C=O) groups excluding carboxylic acids is 1. The molecule has 22 heavy (non-hydrogen) atoms. The third kappa shape index (κ3) is 3.16. The maximum atomic E-state index is 11.6. The highest BCUT2D eigenvalue weighted by Crippen LogP contribution is 2.31. The fourth-order valence-electron chi connectivity index (χ4n) is 2.70. The van der Waals surface area contributed by atoms with Crippen LogP contribution in [0.15, 0.2) is 21.9 Å². The van der Waals surface area contributed by atoms with Gasteiger partial charge >= 0.3 is 5.97 Å². The Bertz CT molecular complexity index is 634. The summed E-state index contributed by atoms with van der Waals surface area (Å²) in [5, 5.41) is 12.8. The SMILES string of the molecule is COC(=O)c1occc1CSc1nnnn1C1CCCCC1. The van der Waals surface area contributed by atoms with Crippen LogP contribution < -0.4 is 0 Å². The predicted octanol–water partition coefficient (Wildman–Crippen LogP) is 2.85. The van der Waals surface area contributed by atoms with Crippen LogP contribution in [0.25, 0.3) is 0 Å². The molecule has 8 heteroatoms. The lowest BCUT2D eigenvalue weighted by Gasteiger charge is -2.21. The van der Waals surface area contributed by atoms with Crippen molar-refractivity contribution in [2.24, 2.45) is 0 Å². The second-order valence-electron chi connectivity index (χ2n) is 5.25. The molecule has 2 heterocycles. The standard InChI is InChI=1S/C14H18N4O3S/c1-20-13(19)12-10(7-8-21-12)9-22-14-15-16-17-18(14)11-5-3-2-4-6-11/h7-8,11H,2-6,9H2,1H3. The molecule has 2 aromatic rings. The minimum Gasteiger partial charge on any atom is -0.463 e. The van der Waals surface area contributed by atoms with Gasteiger partial charge in [-0.2, -0.15) is 0 Å². The molecule has 1 aliphatic carbocycles. The maximum Gasteiger partial charge on any atom is 0.374 e. The smallest absolute Gasteiger partial charge is 0.374 e. The Morgan fingerprint density at radius 1 is 1.45 bits per heavy atom. The van der Waals surface area contributed by atoms with Gasteiger partial charge in [-0.15, -0.1) is 5.10 Å². The number of nitrogens with zero attached hydrogens (tertiary/aromatic N) is 4. The lowest BCUT2D eigenvalue weighted by molar-refractivity contribution is 0.0564. The summed E-state index contributed by atoms with van der Waals surface area (Å²) >= 11 is 1.51. The molecule has 1 saturated carbocycles. The minimum absolute atomic E-state index is 0.242. The lowest BCUT2D eigenvalue weighted by Crippen LogP contribution is -2.15. The first kappa shape index (κ1) is 15.1. The van der Waals surface area contributed by atoms with Crippen molar-refractivity contribution in [3.8, 4) is 0 Å². The Hall–Kier alpha value is -1.83. The summed E-state index contributed by atoms with van der Waals surface area (Å²) in [6.07, 6.45) is 7.48. The van der Waals surface area contributed by atoms with Crippen molar-refractivity contribution < 1.29 is 13.9 Å². The number of carbonyl (C=O) groups is 1. The molecule has 3 rings (SSSR count). The van der Waals surface area contributed by atoms with Crippen molar-refractivity contribution in [2.75, 3.05) is 7.11 Å². The van der Waals surface area contributed by atoms with Gasteiger partial charge in [0.15, 0.2) is 0 Å². The third-order valence-corrected chi connectivity index (χ3v) is 4.84. The molecule has 0 spiro atoms. The van der Waals surface area contributed by atoms with Crippen molar-refractivity contribution in [2.45, 2.75) is 49.1 Å². The van der Waals surface area contributed by atoms with Gasteiger partial charge in [-0.25, -0.2) is 9.48 Å². The molecule has 118 valence electrons. The highest BCUT2D eigenvalue weighted by atomic mass is 32.2. The first-order chi connectivity index (χ1) is 10.8. The molecular weight excluding hydrogens is 304 g/mol. The van der Waals surface area contributed by atoms with Gasteiger partial charge in [0.2, 0.25) is 10.9 Å². The molecule has 0 N–H and O–H groups in total. The summed E-state index contributed by atoms with van der Waals surface area (Å²) in [6.45, 7) is 0. The van der Waals surface area contributed by atoms with E-state index in [1.165, 1.54) is 44.4 Å².